The fourth-order valence-electron chi connectivity index (χ4n) is 2.31. The van der Waals surface area contributed by atoms with Crippen molar-refractivity contribution in [2.45, 2.75) is 13.8 Å². The van der Waals surface area contributed by atoms with Crippen LogP contribution in [-0.4, -0.2) is 29.2 Å². The maximum absolute atomic E-state index is 5.52. The highest BCUT2D eigenvalue weighted by Crippen LogP contribution is 2.38. The van der Waals surface area contributed by atoms with E-state index in [1.807, 2.05) is 38.9 Å². The third-order valence-electron chi connectivity index (χ3n) is 3.38. The van der Waals surface area contributed by atoms with Gasteiger partial charge in [-0.2, -0.15) is 4.98 Å². The number of thiophene rings is 1. The summed E-state index contributed by atoms with van der Waals surface area (Å²) in [5.41, 5.74) is 0.865. The second-order valence-electron chi connectivity index (χ2n) is 5.42. The van der Waals surface area contributed by atoms with Gasteiger partial charge < -0.3 is 13.8 Å². The second-order valence-corrected chi connectivity index (χ2v) is 7.46. The Morgan fingerprint density at radius 3 is 2.57 bits per heavy atom. The lowest BCUT2D eigenvalue weighted by Gasteiger charge is -2.04. The lowest BCUT2D eigenvalue weighted by Crippen LogP contribution is -2.07. The molecule has 0 aliphatic heterocycles. The number of nitrogens with zero attached hydrogens (tertiary/aromatic N) is 4. The summed E-state index contributed by atoms with van der Waals surface area (Å²) in [7, 11) is 3.98. The summed E-state index contributed by atoms with van der Waals surface area (Å²) >= 11 is 3.21. The molecule has 0 N–H and O–H groups in total. The van der Waals surface area contributed by atoms with Crippen molar-refractivity contribution in [1.82, 2.24) is 15.1 Å². The van der Waals surface area contributed by atoms with Gasteiger partial charge in [0, 0.05) is 14.1 Å². The van der Waals surface area contributed by atoms with E-state index in [4.69, 9.17) is 8.94 Å². The van der Waals surface area contributed by atoms with Crippen molar-refractivity contribution in [1.29, 1.82) is 0 Å². The molecule has 0 aromatic carbocycles. The van der Waals surface area contributed by atoms with Gasteiger partial charge in [0.05, 0.1) is 15.1 Å². The number of hydrogen-bond donors (Lipinski definition) is 0. The largest absolute Gasteiger partial charge is 0.466 e. The average molecular weight is 346 g/mol. The average Bonchev–Trinajstić information content (AvgIpc) is 3.19. The fourth-order valence-corrected chi connectivity index (χ4v) is 4.36. The molecule has 118 valence electrons. The topological polar surface area (TPSA) is 68.2 Å². The van der Waals surface area contributed by atoms with Gasteiger partial charge in [0.15, 0.2) is 5.13 Å². The smallest absolute Gasteiger partial charge is 0.268 e. The van der Waals surface area contributed by atoms with E-state index in [0.717, 1.165) is 36.6 Å². The second kappa shape index (κ2) is 5.17. The van der Waals surface area contributed by atoms with Gasteiger partial charge in [-0.1, -0.05) is 16.5 Å². The van der Waals surface area contributed by atoms with Gasteiger partial charge in [-0.3, -0.25) is 0 Å². The number of thiazole rings is 1. The summed E-state index contributed by atoms with van der Waals surface area (Å²) < 4.78 is 12.1. The van der Waals surface area contributed by atoms with Crippen LogP contribution in [0.4, 0.5) is 5.13 Å². The zero-order valence-electron chi connectivity index (χ0n) is 13.1. The minimum absolute atomic E-state index is 0.514. The number of rotatable bonds is 3. The van der Waals surface area contributed by atoms with Crippen LogP contribution in [-0.2, 0) is 0 Å². The molecule has 0 atom stereocenters. The van der Waals surface area contributed by atoms with Gasteiger partial charge in [0.1, 0.15) is 16.4 Å². The van der Waals surface area contributed by atoms with Gasteiger partial charge in [-0.25, -0.2) is 4.98 Å². The quantitative estimate of drug-likeness (QED) is 0.549. The highest BCUT2D eigenvalue weighted by atomic mass is 32.1. The maximum Gasteiger partial charge on any atom is 0.268 e. The minimum atomic E-state index is 0.514. The number of hydrogen-bond acceptors (Lipinski definition) is 8. The molecule has 8 heteroatoms. The fraction of sp³-hybridized carbons (Fsp3) is 0.267. The lowest BCUT2D eigenvalue weighted by molar-refractivity contribution is 0.433. The Morgan fingerprint density at radius 1 is 1.09 bits per heavy atom. The third kappa shape index (κ3) is 2.43. The minimum Gasteiger partial charge on any atom is -0.466 e. The Labute approximate surface area is 140 Å². The van der Waals surface area contributed by atoms with Crippen LogP contribution in [0.25, 0.3) is 31.7 Å². The summed E-state index contributed by atoms with van der Waals surface area (Å²) in [5, 5.41) is 5.07. The van der Waals surface area contributed by atoms with E-state index >= 15 is 0 Å². The first-order chi connectivity index (χ1) is 11.0. The molecule has 4 aromatic rings. The summed E-state index contributed by atoms with van der Waals surface area (Å²) in [6, 6.07) is 3.97. The number of aromatic nitrogens is 3. The Hall–Kier alpha value is -2.19. The van der Waals surface area contributed by atoms with Crippen molar-refractivity contribution >= 4 is 37.3 Å². The first-order valence-electron chi connectivity index (χ1n) is 7.00. The summed E-state index contributed by atoms with van der Waals surface area (Å²) in [6.45, 7) is 3.80. The monoisotopic (exact) mass is 346 g/mol. The maximum atomic E-state index is 5.52. The molecule has 4 rings (SSSR count). The Morgan fingerprint density at radius 2 is 1.91 bits per heavy atom. The number of fused-ring (bicyclic) bond motifs is 1. The third-order valence-corrected chi connectivity index (χ3v) is 5.70. The standard InChI is InChI=1S/C15H14N4O2S2/c1-7-5-9(8(2)20-7)12-16-13(21-18-12)10-6-11-14(22-10)17-15(23-11)19(3)4/h5-6H,1-4H3. The van der Waals surface area contributed by atoms with Crippen molar-refractivity contribution in [3.8, 4) is 22.2 Å². The van der Waals surface area contributed by atoms with Crippen molar-refractivity contribution in [3.63, 3.8) is 0 Å². The van der Waals surface area contributed by atoms with Gasteiger partial charge in [0.2, 0.25) is 5.82 Å². The zero-order valence-corrected chi connectivity index (χ0v) is 14.7. The molecular formula is C15H14N4O2S2. The first kappa shape index (κ1) is 14.4. The molecule has 0 saturated carbocycles. The molecule has 0 aliphatic rings. The van der Waals surface area contributed by atoms with Gasteiger partial charge in [0.25, 0.3) is 5.89 Å². The Balaban J connectivity index is 1.71. The lowest BCUT2D eigenvalue weighted by atomic mass is 10.2. The van der Waals surface area contributed by atoms with E-state index in [-0.39, 0.29) is 0 Å². The molecule has 0 radical (unpaired) electrons. The van der Waals surface area contributed by atoms with E-state index < -0.39 is 0 Å². The van der Waals surface area contributed by atoms with E-state index in [1.54, 1.807) is 22.7 Å². The predicted molar refractivity (Wildman–Crippen MR) is 92.3 cm³/mol. The molecule has 0 aliphatic carbocycles. The normalized spacial score (nSPS) is 11.5. The van der Waals surface area contributed by atoms with Crippen molar-refractivity contribution in [2.24, 2.45) is 0 Å². The molecular weight excluding hydrogens is 332 g/mol. The van der Waals surface area contributed by atoms with Crippen LogP contribution in [0.5, 0.6) is 0 Å². The van der Waals surface area contributed by atoms with Crippen molar-refractivity contribution in [3.05, 3.63) is 23.7 Å². The zero-order chi connectivity index (χ0) is 16.1. The molecule has 0 bridgehead atoms. The number of furan rings is 1. The molecule has 6 nitrogen and oxygen atoms in total. The molecule has 0 fully saturated rings. The Kier molecular flexibility index (Phi) is 3.24. The molecule has 0 saturated heterocycles. The van der Waals surface area contributed by atoms with E-state index in [2.05, 4.69) is 21.2 Å². The first-order valence-corrected chi connectivity index (χ1v) is 8.64. The van der Waals surface area contributed by atoms with E-state index in [0.29, 0.717) is 11.7 Å². The van der Waals surface area contributed by atoms with E-state index in [9.17, 15) is 0 Å². The van der Waals surface area contributed by atoms with Crippen LogP contribution in [0.3, 0.4) is 0 Å². The van der Waals surface area contributed by atoms with E-state index in [1.165, 1.54) is 0 Å². The predicted octanol–water partition coefficient (Wildman–Crippen LogP) is 4.35. The van der Waals surface area contributed by atoms with Crippen LogP contribution in [0.2, 0.25) is 0 Å². The highest BCUT2D eigenvalue weighted by Gasteiger charge is 2.18. The van der Waals surface area contributed by atoms with Gasteiger partial charge in [-0.15, -0.1) is 11.3 Å². The SMILES string of the molecule is Cc1cc(-c2noc(-c3cc4sc(N(C)C)nc4s3)n2)c(C)o1. The van der Waals surface area contributed by atoms with Gasteiger partial charge >= 0.3 is 0 Å². The summed E-state index contributed by atoms with van der Waals surface area (Å²) in [6.07, 6.45) is 0. The molecule has 0 amide bonds. The highest BCUT2D eigenvalue weighted by molar-refractivity contribution is 7.30. The molecule has 4 aromatic heterocycles. The van der Waals surface area contributed by atoms with Crippen molar-refractivity contribution in [2.75, 3.05) is 19.0 Å². The van der Waals surface area contributed by atoms with Crippen LogP contribution in [0.15, 0.2) is 21.1 Å². The molecule has 23 heavy (non-hydrogen) atoms. The van der Waals surface area contributed by atoms with Crippen LogP contribution < -0.4 is 4.90 Å². The number of aryl methyl sites for hydroxylation is 2. The van der Waals surface area contributed by atoms with Crippen molar-refractivity contribution < 1.29 is 8.94 Å². The van der Waals surface area contributed by atoms with Crippen LogP contribution in [0.1, 0.15) is 11.5 Å². The van der Waals surface area contributed by atoms with Gasteiger partial charge in [-0.05, 0) is 26.0 Å². The Bertz CT molecular complexity index is 961. The molecule has 4 heterocycles. The molecule has 0 unspecified atom stereocenters. The number of anilines is 1. The molecule has 0 spiro atoms. The van der Waals surface area contributed by atoms with Crippen LogP contribution in [0, 0.1) is 13.8 Å². The summed E-state index contributed by atoms with van der Waals surface area (Å²) in [5.74, 6) is 2.69. The van der Waals surface area contributed by atoms with Crippen LogP contribution >= 0.6 is 22.7 Å². The summed E-state index contributed by atoms with van der Waals surface area (Å²) in [4.78, 5) is 13.0.